The lowest BCUT2D eigenvalue weighted by molar-refractivity contribution is -0.121. The molecule has 28 heavy (non-hydrogen) atoms. The lowest BCUT2D eigenvalue weighted by Crippen LogP contribution is -2.25. The summed E-state index contributed by atoms with van der Waals surface area (Å²) in [5.41, 5.74) is 3.58. The fraction of sp³-hybridized carbons (Fsp3) is 0.300. The van der Waals surface area contributed by atoms with Crippen LogP contribution in [0.4, 0.5) is 0 Å². The van der Waals surface area contributed by atoms with Gasteiger partial charge in [0.2, 0.25) is 11.8 Å². The minimum absolute atomic E-state index is 0.0532. The van der Waals surface area contributed by atoms with Crippen LogP contribution in [0.15, 0.2) is 35.0 Å². The van der Waals surface area contributed by atoms with Gasteiger partial charge in [-0.3, -0.25) is 9.59 Å². The predicted molar refractivity (Wildman–Crippen MR) is 111 cm³/mol. The minimum atomic E-state index is -0.0532. The first kappa shape index (κ1) is 20.2. The molecule has 8 heteroatoms. The van der Waals surface area contributed by atoms with Crippen molar-refractivity contribution >= 4 is 34.5 Å². The second-order valence-electron chi connectivity index (χ2n) is 6.44. The molecule has 0 aliphatic carbocycles. The Morgan fingerprint density at radius 2 is 1.32 bits per heavy atom. The Morgan fingerprint density at radius 3 is 1.71 bits per heavy atom. The fourth-order valence-electron chi connectivity index (χ4n) is 2.68. The van der Waals surface area contributed by atoms with Crippen LogP contribution >= 0.6 is 22.7 Å². The Hall–Kier alpha value is -2.58. The topological polar surface area (TPSA) is 84.0 Å². The van der Waals surface area contributed by atoms with Crippen molar-refractivity contribution in [2.24, 2.45) is 0 Å². The number of benzene rings is 1. The van der Waals surface area contributed by atoms with E-state index in [1.165, 1.54) is 0 Å². The summed E-state index contributed by atoms with van der Waals surface area (Å²) in [5, 5.41) is 11.6. The Bertz CT molecular complexity index is 891. The van der Waals surface area contributed by atoms with Crippen LogP contribution in [0.5, 0.6) is 0 Å². The minimum Gasteiger partial charge on any atom is -0.352 e. The van der Waals surface area contributed by atoms with Crippen LogP contribution in [-0.4, -0.2) is 21.8 Å². The number of nitrogens with one attached hydrogen (secondary N) is 2. The first-order valence-electron chi connectivity index (χ1n) is 8.91. The van der Waals surface area contributed by atoms with E-state index in [1.54, 1.807) is 22.7 Å². The Morgan fingerprint density at radius 1 is 0.857 bits per heavy atom. The number of carbonyl (C=O) groups is 2. The molecule has 1 aromatic carbocycles. The Balaban J connectivity index is 1.45. The third-order valence-electron chi connectivity index (χ3n) is 3.99. The summed E-state index contributed by atoms with van der Waals surface area (Å²) >= 11 is 3.09. The Kier molecular flexibility index (Phi) is 6.89. The first-order valence-corrected chi connectivity index (χ1v) is 10.7. The zero-order valence-electron chi connectivity index (χ0n) is 15.8. The lowest BCUT2D eigenvalue weighted by Gasteiger charge is -2.08. The van der Waals surface area contributed by atoms with Gasteiger partial charge in [-0.2, -0.15) is 0 Å². The molecule has 146 valence electrons. The summed E-state index contributed by atoms with van der Waals surface area (Å²) in [6.07, 6.45) is 0.576. The van der Waals surface area contributed by atoms with E-state index in [4.69, 9.17) is 0 Å². The number of thiazole rings is 2. The quantitative estimate of drug-likeness (QED) is 0.594. The van der Waals surface area contributed by atoms with Crippen molar-refractivity contribution in [1.29, 1.82) is 0 Å². The van der Waals surface area contributed by atoms with Gasteiger partial charge in [-0.15, -0.1) is 22.7 Å². The third-order valence-corrected chi connectivity index (χ3v) is 5.63. The average Bonchev–Trinajstić information content (AvgIpc) is 3.26. The van der Waals surface area contributed by atoms with E-state index >= 15 is 0 Å². The summed E-state index contributed by atoms with van der Waals surface area (Å²) in [4.78, 5) is 32.7. The molecule has 6 nitrogen and oxygen atoms in total. The molecule has 0 radical (unpaired) electrons. The normalized spacial score (nSPS) is 10.6. The van der Waals surface area contributed by atoms with Gasteiger partial charge in [0.15, 0.2) is 0 Å². The molecule has 2 aromatic heterocycles. The van der Waals surface area contributed by atoms with Gasteiger partial charge in [0, 0.05) is 23.8 Å². The number of aromatic nitrogens is 2. The van der Waals surface area contributed by atoms with Gasteiger partial charge in [0.05, 0.1) is 34.2 Å². The van der Waals surface area contributed by atoms with Gasteiger partial charge in [-0.1, -0.05) is 24.3 Å². The number of hydrogen-bond donors (Lipinski definition) is 2. The van der Waals surface area contributed by atoms with Crippen LogP contribution in [0.1, 0.15) is 32.5 Å². The number of aryl methyl sites for hydroxylation is 2. The van der Waals surface area contributed by atoms with Crippen molar-refractivity contribution in [1.82, 2.24) is 20.6 Å². The molecule has 0 atom stereocenters. The van der Waals surface area contributed by atoms with Crippen molar-refractivity contribution in [3.63, 3.8) is 0 Å². The van der Waals surface area contributed by atoms with E-state index in [9.17, 15) is 9.59 Å². The molecule has 0 spiro atoms. The second-order valence-corrected chi connectivity index (χ2v) is 8.57. The molecule has 2 amide bonds. The fourth-order valence-corrected chi connectivity index (χ4v) is 3.91. The molecular formula is C20H22N4O2S2. The SMILES string of the molecule is Cc1nc(CC(=O)NCc2cccc(CNC(=O)Cc3csc(C)n3)c2)cs1. The van der Waals surface area contributed by atoms with Crippen LogP contribution in [0.3, 0.4) is 0 Å². The number of hydrogen-bond acceptors (Lipinski definition) is 6. The molecular weight excluding hydrogens is 392 g/mol. The summed E-state index contributed by atoms with van der Waals surface area (Å²) in [6, 6.07) is 7.82. The molecule has 0 aliphatic rings. The number of nitrogens with zero attached hydrogens (tertiary/aromatic N) is 2. The predicted octanol–water partition coefficient (Wildman–Crippen LogP) is 2.93. The number of rotatable bonds is 8. The highest BCUT2D eigenvalue weighted by molar-refractivity contribution is 7.09. The van der Waals surface area contributed by atoms with E-state index in [-0.39, 0.29) is 24.7 Å². The van der Waals surface area contributed by atoms with Gasteiger partial charge in [0.1, 0.15) is 0 Å². The van der Waals surface area contributed by atoms with Crippen LogP contribution in [0.2, 0.25) is 0 Å². The van der Waals surface area contributed by atoms with Gasteiger partial charge >= 0.3 is 0 Å². The lowest BCUT2D eigenvalue weighted by atomic mass is 10.1. The van der Waals surface area contributed by atoms with E-state index in [0.29, 0.717) is 13.1 Å². The van der Waals surface area contributed by atoms with Crippen molar-refractivity contribution in [3.05, 3.63) is 67.6 Å². The molecule has 0 bridgehead atoms. The molecule has 3 rings (SSSR count). The highest BCUT2D eigenvalue weighted by atomic mass is 32.1. The van der Waals surface area contributed by atoms with Gasteiger partial charge in [-0.25, -0.2) is 9.97 Å². The number of carbonyl (C=O) groups excluding carboxylic acids is 2. The average molecular weight is 415 g/mol. The van der Waals surface area contributed by atoms with Crippen molar-refractivity contribution in [2.45, 2.75) is 39.8 Å². The number of amides is 2. The molecule has 0 unspecified atom stereocenters. The molecule has 0 fully saturated rings. The molecule has 0 saturated carbocycles. The van der Waals surface area contributed by atoms with E-state index in [0.717, 1.165) is 32.5 Å². The van der Waals surface area contributed by atoms with Crippen LogP contribution in [0.25, 0.3) is 0 Å². The maximum absolute atomic E-state index is 12.1. The van der Waals surface area contributed by atoms with E-state index in [1.807, 2.05) is 48.9 Å². The Labute approximate surface area is 172 Å². The highest BCUT2D eigenvalue weighted by Gasteiger charge is 2.08. The first-order chi connectivity index (χ1) is 13.5. The zero-order valence-corrected chi connectivity index (χ0v) is 17.5. The summed E-state index contributed by atoms with van der Waals surface area (Å²) in [6.45, 7) is 4.74. The van der Waals surface area contributed by atoms with Crippen molar-refractivity contribution in [2.75, 3.05) is 0 Å². The van der Waals surface area contributed by atoms with Crippen LogP contribution in [0, 0.1) is 13.8 Å². The van der Waals surface area contributed by atoms with Crippen molar-refractivity contribution < 1.29 is 9.59 Å². The smallest absolute Gasteiger partial charge is 0.226 e. The van der Waals surface area contributed by atoms with Crippen LogP contribution < -0.4 is 10.6 Å². The monoisotopic (exact) mass is 414 g/mol. The zero-order chi connectivity index (χ0) is 19.9. The molecule has 0 aliphatic heterocycles. The van der Waals surface area contributed by atoms with Crippen LogP contribution in [-0.2, 0) is 35.5 Å². The van der Waals surface area contributed by atoms with E-state index < -0.39 is 0 Å². The summed E-state index contributed by atoms with van der Waals surface area (Å²) < 4.78 is 0. The molecule has 3 aromatic rings. The third kappa shape index (κ3) is 6.24. The second kappa shape index (κ2) is 9.57. The van der Waals surface area contributed by atoms with Gasteiger partial charge < -0.3 is 10.6 Å². The van der Waals surface area contributed by atoms with Gasteiger partial charge in [-0.05, 0) is 25.0 Å². The maximum atomic E-state index is 12.1. The maximum Gasteiger partial charge on any atom is 0.226 e. The molecule has 0 saturated heterocycles. The summed E-state index contributed by atoms with van der Waals surface area (Å²) in [5.74, 6) is -0.106. The molecule has 2 N–H and O–H groups in total. The van der Waals surface area contributed by atoms with Crippen molar-refractivity contribution in [3.8, 4) is 0 Å². The largest absolute Gasteiger partial charge is 0.352 e. The van der Waals surface area contributed by atoms with E-state index in [2.05, 4.69) is 20.6 Å². The summed E-state index contributed by atoms with van der Waals surface area (Å²) in [7, 11) is 0. The highest BCUT2D eigenvalue weighted by Crippen LogP contribution is 2.10. The molecule has 2 heterocycles. The van der Waals surface area contributed by atoms with Gasteiger partial charge in [0.25, 0.3) is 0 Å². The standard InChI is InChI=1S/C20H22N4O2S2/c1-13-23-17(11-27-13)7-19(25)21-9-15-4-3-5-16(6-15)10-22-20(26)8-18-12-28-14(2)24-18/h3-6,11-12H,7-10H2,1-2H3,(H,21,25)(H,22,26).